The third-order valence-electron chi connectivity index (χ3n) is 3.94. The van der Waals surface area contributed by atoms with Crippen molar-refractivity contribution in [1.29, 1.82) is 0 Å². The highest BCUT2D eigenvalue weighted by atomic mass is 32.2. The smallest absolute Gasteiger partial charge is 0.250 e. The number of pyridine rings is 1. The summed E-state index contributed by atoms with van der Waals surface area (Å²) in [4.78, 5) is 17.5. The molecule has 3 rings (SSSR count). The minimum Gasteiger partial charge on any atom is -0.497 e. The summed E-state index contributed by atoms with van der Waals surface area (Å²) in [7, 11) is 1.64. The number of thioether (sulfide) groups is 1. The fourth-order valence-electron chi connectivity index (χ4n) is 2.60. The third kappa shape index (κ3) is 5.31. The Hall–Kier alpha value is -2.86. The van der Waals surface area contributed by atoms with Gasteiger partial charge in [-0.15, -0.1) is 11.8 Å². The number of methoxy groups -OCH3 is 1. The predicted octanol–water partition coefficient (Wildman–Crippen LogP) is 4.07. The van der Waals surface area contributed by atoms with Crippen molar-refractivity contribution in [2.45, 2.75) is 18.2 Å². The maximum atomic E-state index is 12.1. The highest BCUT2D eigenvalue weighted by molar-refractivity contribution is 8.00. The van der Waals surface area contributed by atoms with Gasteiger partial charge in [0.25, 0.3) is 0 Å². The molecule has 0 aliphatic heterocycles. The molecule has 1 heterocycles. The first kappa shape index (κ1) is 18.9. The molecule has 27 heavy (non-hydrogen) atoms. The molecular formula is C21H21N3O2S. The molecule has 0 unspecified atom stereocenters. The van der Waals surface area contributed by atoms with Crippen LogP contribution < -0.4 is 10.2 Å². The molecule has 0 fully saturated rings. The molecule has 0 spiro atoms. The molecule has 2 aromatic carbocycles. The number of carbonyl (C=O) groups is 1. The number of para-hydroxylation sites is 1. The maximum Gasteiger partial charge on any atom is 0.250 e. The Morgan fingerprint density at radius 2 is 1.93 bits per heavy atom. The number of hydrazone groups is 1. The molecule has 1 amide bonds. The van der Waals surface area contributed by atoms with Crippen LogP contribution in [0.2, 0.25) is 0 Å². The number of carbonyl (C=O) groups excluding carboxylic acids is 1. The van der Waals surface area contributed by atoms with Gasteiger partial charge in [0.1, 0.15) is 5.75 Å². The van der Waals surface area contributed by atoms with Gasteiger partial charge in [-0.1, -0.05) is 30.3 Å². The Morgan fingerprint density at radius 3 is 2.70 bits per heavy atom. The topological polar surface area (TPSA) is 63.6 Å². The summed E-state index contributed by atoms with van der Waals surface area (Å²) in [5, 5.41) is 5.26. The Bertz CT molecular complexity index is 950. The molecule has 0 saturated heterocycles. The van der Waals surface area contributed by atoms with Crippen molar-refractivity contribution in [3.63, 3.8) is 0 Å². The first-order valence-electron chi connectivity index (χ1n) is 8.57. The fourth-order valence-corrected chi connectivity index (χ4v) is 3.44. The van der Waals surface area contributed by atoms with E-state index in [1.54, 1.807) is 13.3 Å². The van der Waals surface area contributed by atoms with Crippen molar-refractivity contribution >= 4 is 34.3 Å². The second kappa shape index (κ2) is 9.19. The third-order valence-corrected chi connectivity index (χ3v) is 4.99. The largest absolute Gasteiger partial charge is 0.497 e. The Morgan fingerprint density at radius 1 is 1.15 bits per heavy atom. The summed E-state index contributed by atoms with van der Waals surface area (Å²) < 4.78 is 5.15. The van der Waals surface area contributed by atoms with E-state index in [2.05, 4.69) is 15.5 Å². The molecular weight excluding hydrogens is 358 g/mol. The highest BCUT2D eigenvalue weighted by Crippen LogP contribution is 2.25. The first-order valence-corrected chi connectivity index (χ1v) is 9.56. The number of aromatic nitrogens is 1. The van der Waals surface area contributed by atoms with Crippen molar-refractivity contribution in [3.05, 3.63) is 66.4 Å². The van der Waals surface area contributed by atoms with Gasteiger partial charge in [0.05, 0.1) is 18.4 Å². The molecule has 3 aromatic rings. The molecule has 138 valence electrons. The number of nitrogens with one attached hydrogen (secondary N) is 1. The number of benzene rings is 2. The van der Waals surface area contributed by atoms with Gasteiger partial charge in [-0.3, -0.25) is 9.78 Å². The quantitative estimate of drug-likeness (QED) is 0.382. The number of hydrogen-bond acceptors (Lipinski definition) is 5. The van der Waals surface area contributed by atoms with Crippen LogP contribution in [0.4, 0.5) is 0 Å². The first-order chi connectivity index (χ1) is 13.2. The lowest BCUT2D eigenvalue weighted by atomic mass is 10.1. The van der Waals surface area contributed by atoms with Gasteiger partial charge in [-0.05, 0) is 36.8 Å². The van der Waals surface area contributed by atoms with Gasteiger partial charge >= 0.3 is 0 Å². The van der Waals surface area contributed by atoms with Crippen molar-refractivity contribution in [2.75, 3.05) is 12.9 Å². The Kier molecular flexibility index (Phi) is 6.44. The molecule has 1 N–H and O–H groups in total. The molecule has 0 aliphatic rings. The van der Waals surface area contributed by atoms with E-state index in [0.29, 0.717) is 6.42 Å². The molecule has 0 radical (unpaired) electrons. The molecule has 0 aliphatic carbocycles. The van der Waals surface area contributed by atoms with Crippen LogP contribution >= 0.6 is 11.8 Å². The number of nitrogens with zero attached hydrogens (tertiary/aromatic N) is 2. The van der Waals surface area contributed by atoms with Crippen LogP contribution in [0.15, 0.2) is 70.8 Å². The highest BCUT2D eigenvalue weighted by Gasteiger charge is 2.06. The summed E-state index contributed by atoms with van der Waals surface area (Å²) in [6, 6.07) is 17.7. The fraction of sp³-hybridized carbons (Fsp3) is 0.190. The van der Waals surface area contributed by atoms with Crippen LogP contribution in [0.3, 0.4) is 0 Å². The van der Waals surface area contributed by atoms with Crippen molar-refractivity contribution in [1.82, 2.24) is 10.4 Å². The van der Waals surface area contributed by atoms with Crippen LogP contribution in [-0.2, 0) is 11.2 Å². The van der Waals surface area contributed by atoms with Crippen LogP contribution in [0.1, 0.15) is 12.5 Å². The van der Waals surface area contributed by atoms with E-state index in [1.807, 2.05) is 61.5 Å². The van der Waals surface area contributed by atoms with E-state index in [1.165, 1.54) is 11.8 Å². The standard InChI is InChI=1S/C21H21N3O2S/c1-15(13-16-8-10-18(26-2)11-9-16)23-24-20(25)14-27-19-7-3-5-17-6-4-12-22-21(17)19/h3-12H,13-14H2,1-2H3,(H,24,25)/b23-15-. The zero-order valence-corrected chi connectivity index (χ0v) is 16.1. The van der Waals surface area contributed by atoms with E-state index in [9.17, 15) is 4.79 Å². The van der Waals surface area contributed by atoms with E-state index >= 15 is 0 Å². The lowest BCUT2D eigenvalue weighted by Gasteiger charge is -2.06. The zero-order valence-electron chi connectivity index (χ0n) is 15.3. The minimum absolute atomic E-state index is 0.137. The average Bonchev–Trinajstić information content (AvgIpc) is 2.71. The maximum absolute atomic E-state index is 12.1. The van der Waals surface area contributed by atoms with Crippen LogP contribution in [-0.4, -0.2) is 29.5 Å². The number of fused-ring (bicyclic) bond motifs is 1. The zero-order chi connectivity index (χ0) is 19.1. The SMILES string of the molecule is COc1ccc(C/C(C)=N\NC(=O)CSc2cccc3cccnc23)cc1. The van der Waals surface area contributed by atoms with Gasteiger partial charge in [0.15, 0.2) is 0 Å². The van der Waals surface area contributed by atoms with Crippen molar-refractivity contribution in [3.8, 4) is 5.75 Å². The van der Waals surface area contributed by atoms with Crippen molar-refractivity contribution < 1.29 is 9.53 Å². The Balaban J connectivity index is 1.53. The van der Waals surface area contributed by atoms with E-state index in [4.69, 9.17) is 4.74 Å². The van der Waals surface area contributed by atoms with Gasteiger partial charge in [0, 0.05) is 28.6 Å². The molecule has 1 aromatic heterocycles. The molecule has 5 nitrogen and oxygen atoms in total. The molecule has 6 heteroatoms. The molecule has 0 saturated carbocycles. The lowest BCUT2D eigenvalue weighted by Crippen LogP contribution is -2.21. The van der Waals surface area contributed by atoms with Gasteiger partial charge in [-0.2, -0.15) is 5.10 Å². The van der Waals surface area contributed by atoms with Crippen LogP contribution in [0, 0.1) is 0 Å². The molecule has 0 bridgehead atoms. The lowest BCUT2D eigenvalue weighted by molar-refractivity contribution is -0.118. The van der Waals surface area contributed by atoms with E-state index in [-0.39, 0.29) is 11.7 Å². The normalized spacial score (nSPS) is 11.4. The van der Waals surface area contributed by atoms with Crippen LogP contribution in [0.25, 0.3) is 10.9 Å². The number of amides is 1. The number of rotatable bonds is 7. The second-order valence-corrected chi connectivity index (χ2v) is 7.04. The summed E-state index contributed by atoms with van der Waals surface area (Å²) in [6.45, 7) is 1.90. The summed E-state index contributed by atoms with van der Waals surface area (Å²) >= 11 is 1.46. The van der Waals surface area contributed by atoms with Gasteiger partial charge < -0.3 is 4.74 Å². The van der Waals surface area contributed by atoms with Crippen LogP contribution in [0.5, 0.6) is 5.75 Å². The van der Waals surface area contributed by atoms with E-state index < -0.39 is 0 Å². The monoisotopic (exact) mass is 379 g/mol. The summed E-state index contributed by atoms with van der Waals surface area (Å²) in [5.74, 6) is 0.971. The molecule has 0 atom stereocenters. The van der Waals surface area contributed by atoms with Gasteiger partial charge in [0.2, 0.25) is 5.91 Å². The minimum atomic E-state index is -0.137. The second-order valence-electron chi connectivity index (χ2n) is 6.03. The van der Waals surface area contributed by atoms with Gasteiger partial charge in [-0.25, -0.2) is 5.43 Å². The number of ether oxygens (including phenoxy) is 1. The summed E-state index contributed by atoms with van der Waals surface area (Å²) in [5.41, 5.74) is 5.49. The predicted molar refractivity (Wildman–Crippen MR) is 110 cm³/mol. The van der Waals surface area contributed by atoms with Crippen molar-refractivity contribution in [2.24, 2.45) is 5.10 Å². The Labute approximate surface area is 162 Å². The summed E-state index contributed by atoms with van der Waals surface area (Å²) in [6.07, 6.45) is 2.43. The average molecular weight is 379 g/mol. The van der Waals surface area contributed by atoms with E-state index in [0.717, 1.165) is 32.8 Å². The number of hydrogen-bond donors (Lipinski definition) is 1.